The van der Waals surface area contributed by atoms with Crippen molar-refractivity contribution in [1.82, 2.24) is 15.5 Å². The maximum absolute atomic E-state index is 13.1. The molecule has 1 atom stereocenters. The predicted molar refractivity (Wildman–Crippen MR) is 109 cm³/mol. The molecule has 2 aliphatic rings. The first-order chi connectivity index (χ1) is 14.0. The van der Waals surface area contributed by atoms with Crippen LogP contribution in [-0.2, 0) is 21.5 Å². The van der Waals surface area contributed by atoms with Gasteiger partial charge in [0.1, 0.15) is 12.1 Å². The third-order valence-electron chi connectivity index (χ3n) is 5.69. The third kappa shape index (κ3) is 3.44. The summed E-state index contributed by atoms with van der Waals surface area (Å²) in [5.41, 5.74) is 1.93. The van der Waals surface area contributed by atoms with Gasteiger partial charge in [-0.05, 0) is 36.1 Å². The fourth-order valence-corrected chi connectivity index (χ4v) is 4.11. The van der Waals surface area contributed by atoms with Crippen LogP contribution in [0.1, 0.15) is 17.5 Å². The maximum atomic E-state index is 13.1. The molecule has 0 radical (unpaired) electrons. The minimum atomic E-state index is -1.03. The summed E-state index contributed by atoms with van der Waals surface area (Å²) in [7, 11) is 1.94. The molecular formula is C22H24N4O3. The Morgan fingerprint density at radius 3 is 2.66 bits per heavy atom. The van der Waals surface area contributed by atoms with Gasteiger partial charge in [0.05, 0.1) is 0 Å². The number of nitrogens with zero attached hydrogens (tertiary/aromatic N) is 2. The number of likely N-dealkylation sites (N-methyl/N-ethyl adjacent to an activating group) is 1. The highest BCUT2D eigenvalue weighted by molar-refractivity contribution is 6.09. The fraction of sp³-hybridized carbons (Fsp3) is 0.318. The molecule has 0 aromatic heterocycles. The number of imide groups is 1. The lowest BCUT2D eigenvalue weighted by Crippen LogP contribution is -2.44. The summed E-state index contributed by atoms with van der Waals surface area (Å²) in [6.45, 7) is 0.763. The van der Waals surface area contributed by atoms with E-state index in [1.165, 1.54) is 0 Å². The second-order valence-corrected chi connectivity index (χ2v) is 7.49. The first kappa shape index (κ1) is 19.0. The van der Waals surface area contributed by atoms with Gasteiger partial charge in [0.15, 0.2) is 0 Å². The molecule has 150 valence electrons. The molecule has 1 fully saturated rings. The van der Waals surface area contributed by atoms with Crippen LogP contribution < -0.4 is 15.5 Å². The van der Waals surface area contributed by atoms with Gasteiger partial charge in [-0.15, -0.1) is 0 Å². The molecule has 0 saturated carbocycles. The third-order valence-corrected chi connectivity index (χ3v) is 5.69. The summed E-state index contributed by atoms with van der Waals surface area (Å²) in [5, 5.41) is 5.63. The Kier molecular flexibility index (Phi) is 4.96. The molecule has 0 bridgehead atoms. The highest BCUT2D eigenvalue weighted by atomic mass is 16.2. The van der Waals surface area contributed by atoms with Gasteiger partial charge in [0, 0.05) is 25.8 Å². The van der Waals surface area contributed by atoms with Crippen LogP contribution in [0.15, 0.2) is 54.6 Å². The van der Waals surface area contributed by atoms with E-state index in [-0.39, 0.29) is 18.4 Å². The van der Waals surface area contributed by atoms with Crippen molar-refractivity contribution in [2.75, 3.05) is 31.6 Å². The van der Waals surface area contributed by atoms with E-state index in [0.717, 1.165) is 28.1 Å². The second-order valence-electron chi connectivity index (χ2n) is 7.49. The van der Waals surface area contributed by atoms with Crippen molar-refractivity contribution in [1.29, 1.82) is 0 Å². The summed E-state index contributed by atoms with van der Waals surface area (Å²) in [5.74, 6) is -0.692. The number of urea groups is 1. The molecule has 1 aliphatic carbocycles. The Bertz CT molecular complexity index is 946. The first-order valence-corrected chi connectivity index (χ1v) is 9.77. The molecular weight excluding hydrogens is 368 g/mol. The van der Waals surface area contributed by atoms with E-state index in [9.17, 15) is 14.4 Å². The lowest BCUT2D eigenvalue weighted by atomic mass is 9.92. The number of rotatable bonds is 6. The predicted octanol–water partition coefficient (Wildman–Crippen LogP) is 1.63. The Labute approximate surface area is 169 Å². The summed E-state index contributed by atoms with van der Waals surface area (Å²) in [6.07, 6.45) is 1.25. The van der Waals surface area contributed by atoms with E-state index in [1.54, 1.807) is 0 Å². The number of amides is 4. The van der Waals surface area contributed by atoms with Crippen molar-refractivity contribution in [2.45, 2.75) is 18.4 Å². The van der Waals surface area contributed by atoms with Crippen molar-refractivity contribution in [3.8, 4) is 0 Å². The van der Waals surface area contributed by atoms with Crippen molar-refractivity contribution in [2.24, 2.45) is 0 Å². The zero-order valence-electron chi connectivity index (χ0n) is 16.4. The minimum absolute atomic E-state index is 0.274. The minimum Gasteiger partial charge on any atom is -0.373 e. The Hall–Kier alpha value is -3.35. The van der Waals surface area contributed by atoms with Crippen LogP contribution in [0.25, 0.3) is 0 Å². The normalized spacial score (nSPS) is 20.0. The lowest BCUT2D eigenvalue weighted by molar-refractivity contribution is -0.135. The molecule has 1 heterocycles. The van der Waals surface area contributed by atoms with Crippen LogP contribution >= 0.6 is 0 Å². The molecule has 1 unspecified atom stereocenters. The Balaban J connectivity index is 1.34. The van der Waals surface area contributed by atoms with E-state index >= 15 is 0 Å². The van der Waals surface area contributed by atoms with Crippen LogP contribution in [-0.4, -0.2) is 49.4 Å². The van der Waals surface area contributed by atoms with Crippen LogP contribution in [0.3, 0.4) is 0 Å². The number of nitrogens with one attached hydrogen (secondary N) is 2. The number of carbonyl (C=O) groups is 3. The van der Waals surface area contributed by atoms with Gasteiger partial charge in [0.2, 0.25) is 5.91 Å². The van der Waals surface area contributed by atoms with Crippen LogP contribution in [0.4, 0.5) is 10.5 Å². The Morgan fingerprint density at radius 1 is 1.14 bits per heavy atom. The van der Waals surface area contributed by atoms with Gasteiger partial charge in [-0.2, -0.15) is 0 Å². The topological polar surface area (TPSA) is 81.8 Å². The Morgan fingerprint density at radius 2 is 1.86 bits per heavy atom. The standard InChI is InChI=1S/C22H24N4O3/c1-25(17-8-3-2-4-9-17)14-13-23-19(27)15-26-20(28)22(24-21(26)29)12-11-16-7-5-6-10-18(16)22/h2-10H,11-15H2,1H3,(H,23,27)(H,24,29). The van der Waals surface area contributed by atoms with E-state index in [0.29, 0.717) is 19.5 Å². The molecule has 1 aliphatic heterocycles. The average Bonchev–Trinajstić information content (AvgIpc) is 3.22. The zero-order chi connectivity index (χ0) is 20.4. The van der Waals surface area contributed by atoms with Crippen molar-refractivity contribution >= 4 is 23.5 Å². The monoisotopic (exact) mass is 392 g/mol. The van der Waals surface area contributed by atoms with E-state index in [4.69, 9.17) is 0 Å². The molecule has 4 rings (SSSR count). The summed E-state index contributed by atoms with van der Waals surface area (Å²) in [6, 6.07) is 17.0. The quantitative estimate of drug-likeness (QED) is 0.733. The molecule has 1 saturated heterocycles. The van der Waals surface area contributed by atoms with Crippen molar-refractivity contribution < 1.29 is 14.4 Å². The molecule has 7 heteroatoms. The summed E-state index contributed by atoms with van der Waals surface area (Å²) in [4.78, 5) is 40.9. The molecule has 7 nitrogen and oxygen atoms in total. The molecule has 29 heavy (non-hydrogen) atoms. The number of hydrogen-bond donors (Lipinski definition) is 2. The number of fused-ring (bicyclic) bond motifs is 2. The fourth-order valence-electron chi connectivity index (χ4n) is 4.11. The van der Waals surface area contributed by atoms with Gasteiger partial charge in [0.25, 0.3) is 5.91 Å². The second kappa shape index (κ2) is 7.58. The number of anilines is 1. The van der Waals surface area contributed by atoms with Gasteiger partial charge < -0.3 is 15.5 Å². The lowest BCUT2D eigenvalue weighted by Gasteiger charge is -2.22. The smallest absolute Gasteiger partial charge is 0.325 e. The van der Waals surface area contributed by atoms with Crippen molar-refractivity contribution in [3.63, 3.8) is 0 Å². The van der Waals surface area contributed by atoms with Crippen LogP contribution in [0.2, 0.25) is 0 Å². The number of carbonyl (C=O) groups excluding carboxylic acids is 3. The summed E-state index contributed by atoms with van der Waals surface area (Å²) < 4.78 is 0. The van der Waals surface area contributed by atoms with Crippen LogP contribution in [0.5, 0.6) is 0 Å². The van der Waals surface area contributed by atoms with Gasteiger partial charge >= 0.3 is 6.03 Å². The number of aryl methyl sites for hydroxylation is 1. The van der Waals surface area contributed by atoms with Gasteiger partial charge in [-0.1, -0.05) is 42.5 Å². The van der Waals surface area contributed by atoms with Gasteiger partial charge in [-0.25, -0.2) is 4.79 Å². The molecule has 2 aromatic rings. The molecule has 2 aromatic carbocycles. The van der Waals surface area contributed by atoms with Crippen LogP contribution in [0, 0.1) is 0 Å². The zero-order valence-corrected chi connectivity index (χ0v) is 16.4. The van der Waals surface area contributed by atoms with E-state index in [2.05, 4.69) is 10.6 Å². The average molecular weight is 392 g/mol. The highest BCUT2D eigenvalue weighted by Crippen LogP contribution is 2.41. The SMILES string of the molecule is CN(CCNC(=O)CN1C(=O)NC2(CCc3ccccc32)C1=O)c1ccccc1. The van der Waals surface area contributed by atoms with E-state index < -0.39 is 11.6 Å². The number of para-hydroxylation sites is 1. The maximum Gasteiger partial charge on any atom is 0.325 e. The summed E-state index contributed by atoms with van der Waals surface area (Å²) >= 11 is 0. The number of benzene rings is 2. The first-order valence-electron chi connectivity index (χ1n) is 9.77. The molecule has 1 spiro atoms. The van der Waals surface area contributed by atoms with E-state index in [1.807, 2.05) is 66.5 Å². The number of hydrogen-bond acceptors (Lipinski definition) is 4. The van der Waals surface area contributed by atoms with Crippen molar-refractivity contribution in [3.05, 3.63) is 65.7 Å². The molecule has 4 amide bonds. The molecule has 2 N–H and O–H groups in total. The highest BCUT2D eigenvalue weighted by Gasteiger charge is 2.55. The largest absolute Gasteiger partial charge is 0.373 e. The van der Waals surface area contributed by atoms with Gasteiger partial charge in [-0.3, -0.25) is 14.5 Å².